The van der Waals surface area contributed by atoms with Gasteiger partial charge in [0, 0.05) is 13.1 Å². The molecule has 1 aromatic heterocycles. The zero-order valence-electron chi connectivity index (χ0n) is 9.38. The van der Waals surface area contributed by atoms with Gasteiger partial charge in [0.25, 0.3) is 0 Å². The Kier molecular flexibility index (Phi) is 3.02. The zero-order chi connectivity index (χ0) is 11.8. The highest BCUT2D eigenvalue weighted by Gasteiger charge is 2.39. The average molecular weight is 261 g/mol. The molecule has 0 spiro atoms. The van der Waals surface area contributed by atoms with Crippen molar-refractivity contribution < 1.29 is 8.42 Å². The SMILES string of the molecule is CC1(C)CN(Cc2nncs2)CCS1(=O)=O. The molecule has 0 radical (unpaired) electrons. The van der Waals surface area contributed by atoms with E-state index in [4.69, 9.17) is 0 Å². The first kappa shape index (κ1) is 11.9. The van der Waals surface area contributed by atoms with Gasteiger partial charge in [-0.25, -0.2) is 8.42 Å². The lowest BCUT2D eigenvalue weighted by atomic mass is 10.2. The number of sulfone groups is 1. The molecule has 0 bridgehead atoms. The standard InChI is InChI=1S/C9H15N3O2S2/c1-9(2)6-12(3-4-16(9,13)14)5-8-11-10-7-15-8/h7H,3-6H2,1-2H3. The van der Waals surface area contributed by atoms with Gasteiger partial charge < -0.3 is 0 Å². The molecule has 1 saturated heterocycles. The molecule has 1 fully saturated rings. The van der Waals surface area contributed by atoms with E-state index in [0.29, 0.717) is 19.6 Å². The second-order valence-corrected chi connectivity index (χ2v) is 8.28. The lowest BCUT2D eigenvalue weighted by Gasteiger charge is -2.37. The van der Waals surface area contributed by atoms with Gasteiger partial charge in [-0.05, 0) is 13.8 Å². The van der Waals surface area contributed by atoms with E-state index in [9.17, 15) is 8.42 Å². The Labute approximate surface area is 99.4 Å². The maximum Gasteiger partial charge on any atom is 0.157 e. The van der Waals surface area contributed by atoms with Crippen molar-refractivity contribution in [3.8, 4) is 0 Å². The third-order valence-electron chi connectivity index (χ3n) is 2.89. The molecule has 5 nitrogen and oxygen atoms in total. The van der Waals surface area contributed by atoms with Crippen LogP contribution in [0.25, 0.3) is 0 Å². The van der Waals surface area contributed by atoms with Crippen molar-refractivity contribution in [1.82, 2.24) is 15.1 Å². The first-order valence-corrected chi connectivity index (χ1v) is 7.64. The lowest BCUT2D eigenvalue weighted by molar-refractivity contribution is 0.241. The van der Waals surface area contributed by atoms with Crippen LogP contribution in [0.3, 0.4) is 0 Å². The predicted molar refractivity (Wildman–Crippen MR) is 63.1 cm³/mol. The molecule has 0 atom stereocenters. The van der Waals surface area contributed by atoms with Gasteiger partial charge in [0.15, 0.2) is 9.84 Å². The molecule has 1 aromatic rings. The average Bonchev–Trinajstić information content (AvgIpc) is 2.64. The van der Waals surface area contributed by atoms with Crippen molar-refractivity contribution in [2.75, 3.05) is 18.8 Å². The van der Waals surface area contributed by atoms with E-state index in [2.05, 4.69) is 15.1 Å². The van der Waals surface area contributed by atoms with E-state index < -0.39 is 14.6 Å². The molecule has 90 valence electrons. The van der Waals surface area contributed by atoms with Gasteiger partial charge in [-0.2, -0.15) is 0 Å². The minimum Gasteiger partial charge on any atom is -0.294 e. The molecule has 7 heteroatoms. The number of hydrogen-bond acceptors (Lipinski definition) is 6. The van der Waals surface area contributed by atoms with E-state index >= 15 is 0 Å². The third-order valence-corrected chi connectivity index (χ3v) is 6.10. The van der Waals surface area contributed by atoms with E-state index in [1.807, 2.05) is 0 Å². The van der Waals surface area contributed by atoms with E-state index in [0.717, 1.165) is 5.01 Å². The van der Waals surface area contributed by atoms with Crippen LogP contribution >= 0.6 is 11.3 Å². The normalized spacial score (nSPS) is 24.4. The fraction of sp³-hybridized carbons (Fsp3) is 0.778. The topological polar surface area (TPSA) is 63.2 Å². The van der Waals surface area contributed by atoms with Crippen LogP contribution in [0, 0.1) is 0 Å². The quantitative estimate of drug-likeness (QED) is 0.778. The van der Waals surface area contributed by atoms with Crippen LogP contribution in [0.5, 0.6) is 0 Å². The Morgan fingerprint density at radius 3 is 2.88 bits per heavy atom. The maximum absolute atomic E-state index is 11.8. The van der Waals surface area contributed by atoms with Crippen LogP contribution < -0.4 is 0 Å². The van der Waals surface area contributed by atoms with Gasteiger partial charge in [-0.15, -0.1) is 21.5 Å². The first-order chi connectivity index (χ1) is 7.41. The lowest BCUT2D eigenvalue weighted by Crippen LogP contribution is -2.52. The van der Waals surface area contributed by atoms with Crippen LogP contribution in [0.1, 0.15) is 18.9 Å². The molecule has 2 rings (SSSR count). The second kappa shape index (κ2) is 4.05. The largest absolute Gasteiger partial charge is 0.294 e. The van der Waals surface area contributed by atoms with Crippen molar-refractivity contribution in [3.05, 3.63) is 10.5 Å². The summed E-state index contributed by atoms with van der Waals surface area (Å²) in [6.07, 6.45) is 0. The summed E-state index contributed by atoms with van der Waals surface area (Å²) in [6.45, 7) is 5.42. The molecule has 0 aromatic carbocycles. The summed E-state index contributed by atoms with van der Waals surface area (Å²) in [5.74, 6) is 0.235. The Balaban J connectivity index is 2.06. The Hall–Kier alpha value is -0.530. The maximum atomic E-state index is 11.8. The van der Waals surface area contributed by atoms with Gasteiger partial charge in [0.05, 0.1) is 17.0 Å². The van der Waals surface area contributed by atoms with Gasteiger partial charge >= 0.3 is 0 Å². The van der Waals surface area contributed by atoms with Gasteiger partial charge in [0.2, 0.25) is 0 Å². The highest BCUT2D eigenvalue weighted by atomic mass is 32.2. The molecule has 1 aliphatic heterocycles. The van der Waals surface area contributed by atoms with Crippen LogP contribution in [0.2, 0.25) is 0 Å². The summed E-state index contributed by atoms with van der Waals surface area (Å²) in [6, 6.07) is 0. The Bertz CT molecular complexity index is 453. The number of hydrogen-bond donors (Lipinski definition) is 0. The first-order valence-electron chi connectivity index (χ1n) is 5.10. The molecular weight excluding hydrogens is 246 g/mol. The summed E-state index contributed by atoms with van der Waals surface area (Å²) < 4.78 is 22.9. The molecule has 0 saturated carbocycles. The fourth-order valence-electron chi connectivity index (χ4n) is 1.83. The van der Waals surface area contributed by atoms with E-state index in [1.54, 1.807) is 19.4 Å². The molecule has 16 heavy (non-hydrogen) atoms. The predicted octanol–water partition coefficient (Wildman–Crippen LogP) is 0.547. The summed E-state index contributed by atoms with van der Waals surface area (Å²) in [5.41, 5.74) is 1.70. The summed E-state index contributed by atoms with van der Waals surface area (Å²) in [7, 11) is -2.95. The van der Waals surface area contributed by atoms with Crippen LogP contribution in [-0.2, 0) is 16.4 Å². The molecular formula is C9H15N3O2S2. The molecule has 0 N–H and O–H groups in total. The monoisotopic (exact) mass is 261 g/mol. The van der Waals surface area contributed by atoms with E-state index in [-0.39, 0.29) is 5.75 Å². The molecule has 0 aliphatic carbocycles. The van der Waals surface area contributed by atoms with Gasteiger partial charge in [-0.1, -0.05) is 0 Å². The number of nitrogens with zero attached hydrogens (tertiary/aromatic N) is 3. The van der Waals surface area contributed by atoms with Crippen LogP contribution in [-0.4, -0.2) is 47.1 Å². The van der Waals surface area contributed by atoms with Crippen molar-refractivity contribution in [2.24, 2.45) is 0 Å². The summed E-state index contributed by atoms with van der Waals surface area (Å²) in [5, 5.41) is 8.69. The van der Waals surface area contributed by atoms with Crippen molar-refractivity contribution in [1.29, 1.82) is 0 Å². The Morgan fingerprint density at radius 2 is 2.31 bits per heavy atom. The Morgan fingerprint density at radius 1 is 1.56 bits per heavy atom. The zero-order valence-corrected chi connectivity index (χ0v) is 11.0. The van der Waals surface area contributed by atoms with Crippen molar-refractivity contribution in [3.63, 3.8) is 0 Å². The highest BCUT2D eigenvalue weighted by Crippen LogP contribution is 2.24. The van der Waals surface area contributed by atoms with Gasteiger partial charge in [0.1, 0.15) is 10.5 Å². The fourth-order valence-corrected chi connectivity index (χ4v) is 3.83. The summed E-state index contributed by atoms with van der Waals surface area (Å²) >= 11 is 1.50. The van der Waals surface area contributed by atoms with Crippen molar-refractivity contribution >= 4 is 21.2 Å². The minimum absolute atomic E-state index is 0.235. The summed E-state index contributed by atoms with van der Waals surface area (Å²) in [4.78, 5) is 2.13. The van der Waals surface area contributed by atoms with Crippen LogP contribution in [0.4, 0.5) is 0 Å². The highest BCUT2D eigenvalue weighted by molar-refractivity contribution is 7.92. The number of rotatable bonds is 2. The van der Waals surface area contributed by atoms with Crippen LogP contribution in [0.15, 0.2) is 5.51 Å². The smallest absolute Gasteiger partial charge is 0.157 e. The van der Waals surface area contributed by atoms with Crippen molar-refractivity contribution in [2.45, 2.75) is 25.1 Å². The molecule has 0 amide bonds. The molecule has 0 unspecified atom stereocenters. The molecule has 2 heterocycles. The second-order valence-electron chi connectivity index (χ2n) is 4.62. The van der Waals surface area contributed by atoms with E-state index in [1.165, 1.54) is 11.3 Å². The third kappa shape index (κ3) is 2.26. The minimum atomic E-state index is -2.95. The number of aromatic nitrogens is 2. The molecule has 1 aliphatic rings. The van der Waals surface area contributed by atoms with Gasteiger partial charge in [-0.3, -0.25) is 4.90 Å².